The van der Waals surface area contributed by atoms with E-state index >= 15 is 0 Å². The fourth-order valence-corrected chi connectivity index (χ4v) is 3.21. The Balaban J connectivity index is 0.00000169. The Morgan fingerprint density at radius 1 is 1.35 bits per heavy atom. The number of nitrogen functional groups attached to an aromatic ring is 1. The monoisotopic (exact) mass is 400 g/mol. The molecule has 3 N–H and O–H groups in total. The molecule has 144 valence electrons. The number of hydrogen-bond acceptors (Lipinski definition) is 4. The van der Waals surface area contributed by atoms with Crippen LogP contribution in [0.25, 0.3) is 0 Å². The molecule has 1 amide bonds. The highest BCUT2D eigenvalue weighted by Gasteiger charge is 2.34. The number of fused-ring (bicyclic) bond motifs is 1. The number of nitrogens with one attached hydrogen (secondary N) is 1. The molecule has 8 heteroatoms. The summed E-state index contributed by atoms with van der Waals surface area (Å²) in [6.45, 7) is 8.11. The average Bonchev–Trinajstić information content (AvgIpc) is 2.76. The van der Waals surface area contributed by atoms with Crippen LogP contribution in [0.3, 0.4) is 0 Å². The first-order valence-electron chi connectivity index (χ1n) is 8.12. The lowest BCUT2D eigenvalue weighted by Crippen LogP contribution is -2.42. The van der Waals surface area contributed by atoms with Gasteiger partial charge in [0, 0.05) is 23.4 Å². The lowest BCUT2D eigenvalue weighted by Gasteiger charge is -2.38. The van der Waals surface area contributed by atoms with Gasteiger partial charge < -0.3 is 15.8 Å². The minimum absolute atomic E-state index is 0. The van der Waals surface area contributed by atoms with Gasteiger partial charge >= 0.3 is 0 Å². The number of aryl methyl sites for hydroxylation is 2. The number of ether oxygens (including phenoxy) is 1. The maximum absolute atomic E-state index is 12.5. The molecule has 1 aromatic heterocycles. The van der Waals surface area contributed by atoms with E-state index in [1.165, 1.54) is 0 Å². The predicted molar refractivity (Wildman–Crippen MR) is 107 cm³/mol. The maximum atomic E-state index is 12.5. The van der Waals surface area contributed by atoms with E-state index in [4.69, 9.17) is 10.5 Å². The summed E-state index contributed by atoms with van der Waals surface area (Å²) in [6, 6.07) is 7.39. The van der Waals surface area contributed by atoms with Gasteiger partial charge in [-0.15, -0.1) is 24.8 Å². The summed E-state index contributed by atoms with van der Waals surface area (Å²) in [5, 5.41) is 7.45. The Bertz CT molecular complexity index is 789. The van der Waals surface area contributed by atoms with Crippen LogP contribution in [0, 0.1) is 13.8 Å². The number of hydrogen-bond donors (Lipinski definition) is 2. The number of rotatable bonds is 3. The van der Waals surface area contributed by atoms with Crippen molar-refractivity contribution in [2.45, 2.75) is 52.3 Å². The Morgan fingerprint density at radius 2 is 2.04 bits per heavy atom. The number of halogens is 2. The molecule has 0 radical (unpaired) electrons. The molecular formula is C18H26Cl2N4O2. The van der Waals surface area contributed by atoms with Gasteiger partial charge in [0.15, 0.2) is 0 Å². The minimum Gasteiger partial charge on any atom is -0.487 e. The van der Waals surface area contributed by atoms with Crippen molar-refractivity contribution in [2.24, 2.45) is 0 Å². The quantitative estimate of drug-likeness (QED) is 0.773. The largest absolute Gasteiger partial charge is 0.487 e. The van der Waals surface area contributed by atoms with E-state index in [2.05, 4.69) is 10.4 Å². The number of carbonyl (C=O) groups is 1. The van der Waals surface area contributed by atoms with E-state index in [0.717, 1.165) is 22.7 Å². The highest BCUT2D eigenvalue weighted by Crippen LogP contribution is 2.40. The first-order chi connectivity index (χ1) is 11.2. The smallest absolute Gasteiger partial charge is 0.242 e. The lowest BCUT2D eigenvalue weighted by molar-refractivity contribution is -0.123. The van der Waals surface area contributed by atoms with E-state index in [-0.39, 0.29) is 48.9 Å². The first-order valence-corrected chi connectivity index (χ1v) is 8.12. The zero-order valence-corrected chi connectivity index (χ0v) is 17.0. The number of amides is 1. The van der Waals surface area contributed by atoms with Gasteiger partial charge in [0.25, 0.3) is 0 Å². The molecule has 1 aliphatic heterocycles. The molecule has 0 saturated heterocycles. The second kappa shape index (κ2) is 8.18. The van der Waals surface area contributed by atoms with Crippen molar-refractivity contribution in [1.82, 2.24) is 15.1 Å². The summed E-state index contributed by atoms with van der Waals surface area (Å²) in [6.07, 6.45) is 0.687. The fourth-order valence-electron chi connectivity index (χ4n) is 3.21. The van der Waals surface area contributed by atoms with Crippen LogP contribution in [0.15, 0.2) is 24.3 Å². The average molecular weight is 401 g/mol. The molecule has 6 nitrogen and oxygen atoms in total. The van der Waals surface area contributed by atoms with Crippen molar-refractivity contribution < 1.29 is 9.53 Å². The van der Waals surface area contributed by atoms with Crippen molar-refractivity contribution in [3.05, 3.63) is 41.2 Å². The van der Waals surface area contributed by atoms with Gasteiger partial charge in [0.1, 0.15) is 17.9 Å². The molecule has 0 fully saturated rings. The summed E-state index contributed by atoms with van der Waals surface area (Å²) in [5.74, 6) is 0.703. The molecular weight excluding hydrogens is 375 g/mol. The minimum atomic E-state index is -0.348. The van der Waals surface area contributed by atoms with Crippen LogP contribution >= 0.6 is 24.8 Å². The zero-order chi connectivity index (χ0) is 17.5. The van der Waals surface area contributed by atoms with Crippen LogP contribution in [0.4, 0.5) is 5.69 Å². The topological polar surface area (TPSA) is 82.2 Å². The highest BCUT2D eigenvalue weighted by atomic mass is 35.5. The Hall–Kier alpha value is -1.92. The molecule has 0 bridgehead atoms. The molecule has 0 aliphatic carbocycles. The molecule has 1 atom stereocenters. The summed E-state index contributed by atoms with van der Waals surface area (Å²) in [5.41, 5.74) is 9.03. The summed E-state index contributed by atoms with van der Waals surface area (Å²) < 4.78 is 7.72. The van der Waals surface area contributed by atoms with Crippen LogP contribution in [0.2, 0.25) is 0 Å². The molecule has 2 heterocycles. The number of nitrogens with zero attached hydrogens (tertiary/aromatic N) is 2. The number of nitrogens with two attached hydrogens (primary N) is 1. The van der Waals surface area contributed by atoms with Gasteiger partial charge in [-0.25, -0.2) is 0 Å². The lowest BCUT2D eigenvalue weighted by atomic mass is 9.89. The van der Waals surface area contributed by atoms with Crippen molar-refractivity contribution in [3.63, 3.8) is 0 Å². The maximum Gasteiger partial charge on any atom is 0.242 e. The van der Waals surface area contributed by atoms with Crippen molar-refractivity contribution in [2.75, 3.05) is 5.73 Å². The van der Waals surface area contributed by atoms with E-state index in [1.807, 2.05) is 52.0 Å². The number of benzene rings is 1. The Morgan fingerprint density at radius 3 is 2.65 bits per heavy atom. The summed E-state index contributed by atoms with van der Waals surface area (Å²) >= 11 is 0. The van der Waals surface area contributed by atoms with Crippen molar-refractivity contribution >= 4 is 36.4 Å². The molecule has 1 aromatic carbocycles. The Labute approximate surface area is 166 Å². The summed E-state index contributed by atoms with van der Waals surface area (Å²) in [4.78, 5) is 12.5. The molecule has 2 aromatic rings. The van der Waals surface area contributed by atoms with Crippen LogP contribution in [-0.4, -0.2) is 21.3 Å². The molecule has 1 aliphatic rings. The predicted octanol–water partition coefficient (Wildman–Crippen LogP) is 3.34. The first kappa shape index (κ1) is 22.1. The molecule has 0 spiro atoms. The van der Waals surface area contributed by atoms with Gasteiger partial charge in [0.05, 0.1) is 11.7 Å². The zero-order valence-electron chi connectivity index (χ0n) is 15.4. The van der Waals surface area contributed by atoms with E-state index in [0.29, 0.717) is 12.1 Å². The van der Waals surface area contributed by atoms with Gasteiger partial charge in [-0.05, 0) is 52.0 Å². The van der Waals surface area contributed by atoms with Gasteiger partial charge in [0.2, 0.25) is 5.91 Å². The number of anilines is 1. The number of aromatic nitrogens is 2. The Kier molecular flexibility index (Phi) is 6.96. The molecule has 0 saturated carbocycles. The molecule has 26 heavy (non-hydrogen) atoms. The third kappa shape index (κ3) is 4.83. The SMILES string of the molecule is Cc1cc(C)n(CC(=O)NC2CC(C)(C)Oc3ccc(N)cc32)n1.Cl.Cl. The van der Waals surface area contributed by atoms with Gasteiger partial charge in [-0.2, -0.15) is 5.10 Å². The van der Waals surface area contributed by atoms with Crippen molar-refractivity contribution in [3.8, 4) is 5.75 Å². The van der Waals surface area contributed by atoms with Gasteiger partial charge in [-0.1, -0.05) is 0 Å². The fraction of sp³-hybridized carbons (Fsp3) is 0.444. The van der Waals surface area contributed by atoms with Crippen molar-refractivity contribution in [1.29, 1.82) is 0 Å². The summed E-state index contributed by atoms with van der Waals surface area (Å²) in [7, 11) is 0. The van der Waals surface area contributed by atoms with E-state index in [9.17, 15) is 4.79 Å². The van der Waals surface area contributed by atoms with Crippen LogP contribution in [-0.2, 0) is 11.3 Å². The van der Waals surface area contributed by atoms with Gasteiger partial charge in [-0.3, -0.25) is 9.48 Å². The molecule has 3 rings (SSSR count). The van der Waals surface area contributed by atoms with Crippen LogP contribution in [0.5, 0.6) is 5.75 Å². The van der Waals surface area contributed by atoms with Crippen LogP contribution in [0.1, 0.15) is 43.3 Å². The highest BCUT2D eigenvalue weighted by molar-refractivity contribution is 5.85. The second-order valence-corrected chi connectivity index (χ2v) is 7.07. The standard InChI is InChI=1S/C18H24N4O2.2ClH/c1-11-7-12(2)22(21-11)10-17(23)20-15-9-18(3,4)24-16-6-5-13(19)8-14(15)16;;/h5-8,15H,9-10,19H2,1-4H3,(H,20,23);2*1H. The molecule has 1 unspecified atom stereocenters. The third-order valence-corrected chi connectivity index (χ3v) is 4.22. The second-order valence-electron chi connectivity index (χ2n) is 7.07. The third-order valence-electron chi connectivity index (χ3n) is 4.22. The normalized spacial score (nSPS) is 17.2. The van der Waals surface area contributed by atoms with Crippen LogP contribution < -0.4 is 15.8 Å². The number of carbonyl (C=O) groups excluding carboxylic acids is 1. The van der Waals surface area contributed by atoms with E-state index in [1.54, 1.807) is 4.68 Å². The van der Waals surface area contributed by atoms with E-state index < -0.39 is 0 Å².